The molecule has 28 heavy (non-hydrogen) atoms. The number of esters is 2. The molecule has 0 radical (unpaired) electrons. The van der Waals surface area contributed by atoms with Crippen LogP contribution in [0.5, 0.6) is 0 Å². The summed E-state index contributed by atoms with van der Waals surface area (Å²) in [4.78, 5) is 38.5. The van der Waals surface area contributed by atoms with E-state index in [1.54, 1.807) is 41.8 Å². The highest BCUT2D eigenvalue weighted by Crippen LogP contribution is 2.47. The fraction of sp³-hybridized carbons (Fsp3) is 0.450. The van der Waals surface area contributed by atoms with Gasteiger partial charge in [0.15, 0.2) is 0 Å². The average Bonchev–Trinajstić information content (AvgIpc) is 3.31. The van der Waals surface area contributed by atoms with Gasteiger partial charge in [-0.2, -0.15) is 0 Å². The molecule has 2 aliphatic heterocycles. The molecule has 2 aromatic rings. The molecular formula is C20H21NO6S. The van der Waals surface area contributed by atoms with Crippen LogP contribution in [0.2, 0.25) is 0 Å². The Morgan fingerprint density at radius 1 is 1.32 bits per heavy atom. The van der Waals surface area contributed by atoms with Crippen molar-refractivity contribution in [2.24, 2.45) is 0 Å². The maximum Gasteiger partial charge on any atom is 0.374 e. The largest absolute Gasteiger partial charge is 0.460 e. The molecule has 8 heteroatoms. The molecule has 0 saturated carbocycles. The van der Waals surface area contributed by atoms with Crippen LogP contribution in [-0.4, -0.2) is 46.0 Å². The van der Waals surface area contributed by atoms with Crippen molar-refractivity contribution in [2.45, 2.75) is 44.2 Å². The van der Waals surface area contributed by atoms with Crippen molar-refractivity contribution in [1.82, 2.24) is 4.90 Å². The highest BCUT2D eigenvalue weighted by molar-refractivity contribution is 8.01. The van der Waals surface area contributed by atoms with Crippen molar-refractivity contribution >= 4 is 40.6 Å². The lowest BCUT2D eigenvalue weighted by atomic mass is 10.1. The Labute approximate surface area is 166 Å². The van der Waals surface area contributed by atoms with Crippen molar-refractivity contribution in [3.05, 3.63) is 35.6 Å². The number of fused-ring (bicyclic) bond motifs is 2. The number of ether oxygens (including phenoxy) is 2. The van der Waals surface area contributed by atoms with Gasteiger partial charge in [0.05, 0.1) is 17.0 Å². The van der Waals surface area contributed by atoms with E-state index in [0.29, 0.717) is 28.7 Å². The third kappa shape index (κ3) is 3.05. The number of carbonyl (C=O) groups is 3. The number of rotatable bonds is 5. The zero-order chi connectivity index (χ0) is 19.9. The van der Waals surface area contributed by atoms with Crippen LogP contribution < -0.4 is 0 Å². The molecule has 1 aromatic carbocycles. The molecule has 0 bridgehead atoms. The monoisotopic (exact) mass is 403 g/mol. The zero-order valence-electron chi connectivity index (χ0n) is 15.7. The minimum atomic E-state index is -0.603. The van der Waals surface area contributed by atoms with E-state index in [1.165, 1.54) is 0 Å². The van der Waals surface area contributed by atoms with E-state index >= 15 is 0 Å². The van der Waals surface area contributed by atoms with Crippen molar-refractivity contribution in [3.8, 4) is 0 Å². The van der Waals surface area contributed by atoms with Crippen LogP contribution in [0, 0.1) is 0 Å². The maximum atomic E-state index is 12.7. The van der Waals surface area contributed by atoms with Gasteiger partial charge in [0.25, 0.3) is 0 Å². The van der Waals surface area contributed by atoms with Gasteiger partial charge in [-0.1, -0.05) is 18.2 Å². The first kappa shape index (κ1) is 18.9. The maximum absolute atomic E-state index is 12.7. The normalized spacial score (nSPS) is 23.9. The van der Waals surface area contributed by atoms with Gasteiger partial charge >= 0.3 is 11.9 Å². The molecule has 2 atom stereocenters. The molecule has 2 fully saturated rings. The third-order valence-corrected chi connectivity index (χ3v) is 6.74. The molecule has 0 aliphatic carbocycles. The Kier molecular flexibility index (Phi) is 4.82. The minimum Gasteiger partial charge on any atom is -0.460 e. The Morgan fingerprint density at radius 2 is 2.11 bits per heavy atom. The van der Waals surface area contributed by atoms with Gasteiger partial charge in [0.1, 0.15) is 18.2 Å². The van der Waals surface area contributed by atoms with E-state index in [4.69, 9.17) is 13.9 Å². The average molecular weight is 403 g/mol. The van der Waals surface area contributed by atoms with E-state index in [2.05, 4.69) is 0 Å². The predicted octanol–water partition coefficient (Wildman–Crippen LogP) is 3.11. The summed E-state index contributed by atoms with van der Waals surface area (Å²) in [7, 11) is 0. The summed E-state index contributed by atoms with van der Waals surface area (Å²) in [6.07, 6.45) is 1.19. The van der Waals surface area contributed by atoms with Crippen molar-refractivity contribution in [1.29, 1.82) is 0 Å². The van der Waals surface area contributed by atoms with Crippen LogP contribution in [0.3, 0.4) is 0 Å². The number of thioether (sulfide) groups is 1. The fourth-order valence-corrected chi connectivity index (χ4v) is 5.25. The Bertz CT molecular complexity index is 953. The quantitative estimate of drug-likeness (QED) is 0.709. The van der Waals surface area contributed by atoms with Gasteiger partial charge < -0.3 is 18.8 Å². The van der Waals surface area contributed by atoms with Crippen LogP contribution in [0.4, 0.5) is 0 Å². The lowest BCUT2D eigenvalue weighted by Crippen LogP contribution is -2.46. The summed E-state index contributed by atoms with van der Waals surface area (Å²) >= 11 is 1.61. The summed E-state index contributed by atoms with van der Waals surface area (Å²) in [6, 6.07) is 6.56. The van der Waals surface area contributed by atoms with Crippen LogP contribution >= 0.6 is 11.8 Å². The van der Waals surface area contributed by atoms with Crippen LogP contribution in [0.1, 0.15) is 42.8 Å². The molecular weight excluding hydrogens is 382 g/mol. The number of para-hydroxylation sites is 1. The van der Waals surface area contributed by atoms with Crippen LogP contribution in [0.15, 0.2) is 28.7 Å². The highest BCUT2D eigenvalue weighted by Gasteiger charge is 2.53. The van der Waals surface area contributed by atoms with Crippen molar-refractivity contribution in [3.63, 3.8) is 0 Å². The molecule has 2 saturated heterocycles. The Balaban J connectivity index is 1.56. The topological polar surface area (TPSA) is 86.0 Å². The zero-order valence-corrected chi connectivity index (χ0v) is 16.5. The molecule has 2 unspecified atom stereocenters. The van der Waals surface area contributed by atoms with Crippen LogP contribution in [0.25, 0.3) is 11.0 Å². The lowest BCUT2D eigenvalue weighted by Gasteiger charge is -2.29. The molecule has 3 heterocycles. The van der Waals surface area contributed by atoms with E-state index in [1.807, 2.05) is 13.0 Å². The second-order valence-corrected chi connectivity index (χ2v) is 8.50. The molecule has 7 nitrogen and oxygen atoms in total. The second-order valence-electron chi connectivity index (χ2n) is 7.00. The van der Waals surface area contributed by atoms with Gasteiger partial charge in [0, 0.05) is 17.6 Å². The first-order chi connectivity index (χ1) is 13.4. The molecule has 2 aliphatic rings. The molecule has 0 spiro atoms. The first-order valence-corrected chi connectivity index (χ1v) is 10.2. The first-order valence-electron chi connectivity index (χ1n) is 9.25. The third-order valence-electron chi connectivity index (χ3n) is 5.23. The second kappa shape index (κ2) is 7.16. The van der Waals surface area contributed by atoms with Gasteiger partial charge in [-0.05, 0) is 26.3 Å². The lowest BCUT2D eigenvalue weighted by molar-refractivity contribution is -0.154. The number of furan rings is 1. The van der Waals surface area contributed by atoms with E-state index in [9.17, 15) is 14.4 Å². The number of hydrogen-bond acceptors (Lipinski definition) is 7. The highest BCUT2D eigenvalue weighted by atomic mass is 32.2. The SMILES string of the molecule is CCOC(=O)c1oc2ccccc2c1COC(=O)C1CSC2(C)CCC(=O)N12. The Morgan fingerprint density at radius 3 is 2.89 bits per heavy atom. The number of carbonyl (C=O) groups excluding carboxylic acids is 3. The predicted molar refractivity (Wildman–Crippen MR) is 103 cm³/mol. The summed E-state index contributed by atoms with van der Waals surface area (Å²) in [6.45, 7) is 3.79. The molecule has 1 aromatic heterocycles. The minimum absolute atomic E-state index is 0.0181. The number of benzene rings is 1. The van der Waals surface area contributed by atoms with Crippen LogP contribution in [-0.2, 0) is 25.7 Å². The molecule has 148 valence electrons. The summed E-state index contributed by atoms with van der Waals surface area (Å²) in [5.41, 5.74) is 0.999. The van der Waals surface area contributed by atoms with Gasteiger partial charge in [-0.3, -0.25) is 4.79 Å². The van der Waals surface area contributed by atoms with E-state index in [-0.39, 0.29) is 29.8 Å². The van der Waals surface area contributed by atoms with E-state index < -0.39 is 18.0 Å². The summed E-state index contributed by atoms with van der Waals surface area (Å²) in [5.74, 6) is -0.526. The number of amides is 1. The van der Waals surface area contributed by atoms with Crippen molar-refractivity contribution < 1.29 is 28.3 Å². The van der Waals surface area contributed by atoms with E-state index in [0.717, 1.165) is 6.42 Å². The Hall–Kier alpha value is -2.48. The standard InChI is InChI=1S/C20H21NO6S/c1-3-25-19(24)17-13(12-6-4-5-7-15(12)27-17)10-26-18(23)14-11-28-20(2)9-8-16(22)21(14)20/h4-7,14H,3,8-11H2,1-2H3. The summed E-state index contributed by atoms with van der Waals surface area (Å²) < 4.78 is 16.2. The summed E-state index contributed by atoms with van der Waals surface area (Å²) in [5, 5.41) is 0.696. The molecule has 4 rings (SSSR count). The number of nitrogens with zero attached hydrogens (tertiary/aromatic N) is 1. The molecule has 0 N–H and O–H groups in total. The smallest absolute Gasteiger partial charge is 0.374 e. The molecule has 1 amide bonds. The van der Waals surface area contributed by atoms with Gasteiger partial charge in [-0.15, -0.1) is 11.8 Å². The number of hydrogen-bond donors (Lipinski definition) is 0. The fourth-order valence-electron chi connectivity index (χ4n) is 3.84. The van der Waals surface area contributed by atoms with Gasteiger partial charge in [0.2, 0.25) is 11.7 Å². The van der Waals surface area contributed by atoms with Crippen molar-refractivity contribution in [2.75, 3.05) is 12.4 Å². The van der Waals surface area contributed by atoms with Gasteiger partial charge in [-0.25, -0.2) is 9.59 Å².